The number of carbonyl (C=O) groups is 3. The summed E-state index contributed by atoms with van der Waals surface area (Å²) in [7, 11) is -3.67. The molecule has 7 nitrogen and oxygen atoms in total. The Kier molecular flexibility index (Phi) is 6.66. The molecule has 1 heterocycles. The third kappa shape index (κ3) is 5.31. The molecule has 1 saturated heterocycles. The number of ether oxygens (including phenoxy) is 1. The summed E-state index contributed by atoms with van der Waals surface area (Å²) in [5.41, 5.74) is -1.73. The van der Waals surface area contributed by atoms with E-state index in [-0.39, 0.29) is 12.6 Å². The fraction of sp³-hybridized carbons (Fsp3) is 0.471. The van der Waals surface area contributed by atoms with E-state index in [1.807, 2.05) is 0 Å². The zero-order valence-electron chi connectivity index (χ0n) is 15.2. The van der Waals surface area contributed by atoms with Crippen molar-refractivity contribution in [2.24, 2.45) is 0 Å². The van der Waals surface area contributed by atoms with Crippen LogP contribution < -0.4 is 0 Å². The number of hydrogen-bond donors (Lipinski definition) is 0. The molecular formula is C17H17F4NO6S. The molecule has 0 N–H and O–H groups in total. The van der Waals surface area contributed by atoms with Gasteiger partial charge in [0, 0.05) is 6.54 Å². The SMILES string of the molecule is COC(=O)C1CCCN1C(=O)CC(=O)CS(=O)(=O)c1ccc(F)cc1C(F)(F)F. The summed E-state index contributed by atoms with van der Waals surface area (Å²) in [4.78, 5) is 35.8. The lowest BCUT2D eigenvalue weighted by Crippen LogP contribution is -2.42. The fourth-order valence-corrected chi connectivity index (χ4v) is 4.52. The number of methoxy groups -OCH3 is 1. The summed E-state index contributed by atoms with van der Waals surface area (Å²) in [5.74, 6) is -5.32. The number of benzene rings is 1. The Balaban J connectivity index is 2.17. The van der Waals surface area contributed by atoms with E-state index < -0.39 is 68.2 Å². The van der Waals surface area contributed by atoms with E-state index in [4.69, 9.17) is 0 Å². The van der Waals surface area contributed by atoms with Gasteiger partial charge < -0.3 is 9.64 Å². The first-order chi connectivity index (χ1) is 13.4. The van der Waals surface area contributed by atoms with Crippen LogP contribution in [0.5, 0.6) is 0 Å². The van der Waals surface area contributed by atoms with Crippen LogP contribution in [0, 0.1) is 5.82 Å². The lowest BCUT2D eigenvalue weighted by Gasteiger charge is -2.22. The van der Waals surface area contributed by atoms with Gasteiger partial charge in [-0.05, 0) is 31.0 Å². The normalized spacial score (nSPS) is 17.3. The van der Waals surface area contributed by atoms with Crippen molar-refractivity contribution in [2.75, 3.05) is 19.4 Å². The second-order valence-corrected chi connectivity index (χ2v) is 8.34. The third-order valence-corrected chi connectivity index (χ3v) is 6.06. The molecule has 1 aromatic rings. The van der Waals surface area contributed by atoms with E-state index in [0.717, 1.165) is 12.0 Å². The summed E-state index contributed by atoms with van der Waals surface area (Å²) in [5, 5.41) is 0. The molecule has 0 aliphatic carbocycles. The molecule has 1 atom stereocenters. The minimum Gasteiger partial charge on any atom is -0.467 e. The summed E-state index contributed by atoms with van der Waals surface area (Å²) in [6.07, 6.45) is -5.28. The lowest BCUT2D eigenvalue weighted by atomic mass is 10.2. The Morgan fingerprint density at radius 2 is 1.90 bits per heavy atom. The molecular weight excluding hydrogens is 422 g/mol. The van der Waals surface area contributed by atoms with Gasteiger partial charge in [-0.1, -0.05) is 0 Å². The highest BCUT2D eigenvalue weighted by Crippen LogP contribution is 2.35. The molecule has 0 saturated carbocycles. The Morgan fingerprint density at radius 3 is 2.48 bits per heavy atom. The van der Waals surface area contributed by atoms with Crippen molar-refractivity contribution < 1.29 is 45.1 Å². The number of halogens is 4. The molecule has 160 valence electrons. The van der Waals surface area contributed by atoms with Gasteiger partial charge in [-0.25, -0.2) is 17.6 Å². The number of carbonyl (C=O) groups excluding carboxylic acids is 3. The average Bonchev–Trinajstić information content (AvgIpc) is 3.09. The minimum atomic E-state index is -5.16. The van der Waals surface area contributed by atoms with Crippen LogP contribution >= 0.6 is 0 Å². The molecule has 0 spiro atoms. The van der Waals surface area contributed by atoms with Crippen LogP contribution in [0.2, 0.25) is 0 Å². The summed E-state index contributed by atoms with van der Waals surface area (Å²) < 4.78 is 81.4. The van der Waals surface area contributed by atoms with Crippen LogP contribution in [0.25, 0.3) is 0 Å². The van der Waals surface area contributed by atoms with Gasteiger partial charge in [0.2, 0.25) is 5.91 Å². The number of ketones is 1. The first kappa shape index (κ1) is 22.8. The topological polar surface area (TPSA) is 97.8 Å². The summed E-state index contributed by atoms with van der Waals surface area (Å²) >= 11 is 0. The number of amides is 1. The number of likely N-dealkylation sites (tertiary alicyclic amines) is 1. The maximum absolute atomic E-state index is 13.2. The summed E-state index contributed by atoms with van der Waals surface area (Å²) in [6, 6.07) is 0.0818. The van der Waals surface area contributed by atoms with E-state index in [1.54, 1.807) is 0 Å². The van der Waals surface area contributed by atoms with Crippen molar-refractivity contribution >= 4 is 27.5 Å². The molecule has 1 amide bonds. The number of esters is 1. The van der Waals surface area contributed by atoms with Crippen LogP contribution in [-0.4, -0.2) is 56.4 Å². The van der Waals surface area contributed by atoms with Gasteiger partial charge >= 0.3 is 12.1 Å². The van der Waals surface area contributed by atoms with Gasteiger partial charge in [-0.3, -0.25) is 9.59 Å². The van der Waals surface area contributed by atoms with Crippen molar-refractivity contribution in [1.82, 2.24) is 4.90 Å². The second kappa shape index (κ2) is 8.47. The average molecular weight is 439 g/mol. The predicted molar refractivity (Wildman–Crippen MR) is 89.8 cm³/mol. The van der Waals surface area contributed by atoms with Crippen molar-refractivity contribution in [3.63, 3.8) is 0 Å². The van der Waals surface area contributed by atoms with Gasteiger partial charge in [0.25, 0.3) is 0 Å². The molecule has 1 fully saturated rings. The third-order valence-electron chi connectivity index (χ3n) is 4.33. The van der Waals surface area contributed by atoms with E-state index in [2.05, 4.69) is 4.74 Å². The number of nitrogens with zero attached hydrogens (tertiary/aromatic N) is 1. The van der Waals surface area contributed by atoms with E-state index in [9.17, 15) is 40.4 Å². The van der Waals surface area contributed by atoms with E-state index in [1.165, 1.54) is 0 Å². The van der Waals surface area contributed by atoms with Gasteiger partial charge in [0.1, 0.15) is 17.6 Å². The fourth-order valence-electron chi connectivity index (χ4n) is 3.05. The van der Waals surface area contributed by atoms with E-state index >= 15 is 0 Å². The first-order valence-corrected chi connectivity index (χ1v) is 10.0. The number of rotatable bonds is 6. The number of Topliss-reactive ketones (excluding diaryl/α,β-unsaturated/α-hetero) is 1. The van der Waals surface area contributed by atoms with E-state index in [0.29, 0.717) is 25.0 Å². The second-order valence-electron chi connectivity index (χ2n) is 6.38. The van der Waals surface area contributed by atoms with Crippen LogP contribution in [0.4, 0.5) is 17.6 Å². The Bertz CT molecular complexity index is 928. The van der Waals surface area contributed by atoms with Crippen LogP contribution in [-0.2, 0) is 35.1 Å². The van der Waals surface area contributed by atoms with Crippen LogP contribution in [0.15, 0.2) is 23.1 Å². The highest BCUT2D eigenvalue weighted by molar-refractivity contribution is 7.92. The molecule has 2 rings (SSSR count). The van der Waals surface area contributed by atoms with Gasteiger partial charge in [-0.15, -0.1) is 0 Å². The van der Waals surface area contributed by atoms with Gasteiger partial charge in [0.15, 0.2) is 15.6 Å². The number of alkyl halides is 3. The molecule has 1 aliphatic rings. The lowest BCUT2D eigenvalue weighted by molar-refractivity contribution is -0.151. The Morgan fingerprint density at radius 1 is 1.24 bits per heavy atom. The minimum absolute atomic E-state index is 0.0215. The quantitative estimate of drug-likeness (QED) is 0.290. The zero-order chi connectivity index (χ0) is 22.0. The molecule has 0 aromatic heterocycles. The highest BCUT2D eigenvalue weighted by Gasteiger charge is 2.39. The number of sulfone groups is 1. The Labute approximate surface area is 163 Å². The zero-order valence-corrected chi connectivity index (χ0v) is 16.0. The molecule has 1 aromatic carbocycles. The molecule has 1 aliphatic heterocycles. The van der Waals surface area contributed by atoms with Crippen molar-refractivity contribution in [2.45, 2.75) is 36.4 Å². The maximum atomic E-state index is 13.2. The standard InChI is InChI=1S/C17H17F4NO6S/c1-28-16(25)13-3-2-6-22(13)15(24)8-11(23)9-29(26,27)14-5-4-10(18)7-12(14)17(19,20)21/h4-5,7,13H,2-3,6,8-9H2,1H3. The monoisotopic (exact) mass is 439 g/mol. The number of hydrogen-bond acceptors (Lipinski definition) is 6. The molecule has 0 radical (unpaired) electrons. The van der Waals surface area contributed by atoms with Gasteiger partial charge in [-0.2, -0.15) is 13.2 Å². The predicted octanol–water partition coefficient (Wildman–Crippen LogP) is 1.74. The smallest absolute Gasteiger partial charge is 0.417 e. The largest absolute Gasteiger partial charge is 0.467 e. The van der Waals surface area contributed by atoms with Crippen molar-refractivity contribution in [3.8, 4) is 0 Å². The van der Waals surface area contributed by atoms with Crippen LogP contribution in [0.1, 0.15) is 24.8 Å². The molecule has 0 bridgehead atoms. The van der Waals surface area contributed by atoms with Crippen molar-refractivity contribution in [3.05, 3.63) is 29.6 Å². The van der Waals surface area contributed by atoms with Gasteiger partial charge in [0.05, 0.1) is 24.0 Å². The maximum Gasteiger partial charge on any atom is 0.417 e. The summed E-state index contributed by atoms with van der Waals surface area (Å²) in [6.45, 7) is 0.162. The molecule has 29 heavy (non-hydrogen) atoms. The Hall–Kier alpha value is -2.50. The van der Waals surface area contributed by atoms with Crippen molar-refractivity contribution in [1.29, 1.82) is 0 Å². The highest BCUT2D eigenvalue weighted by atomic mass is 32.2. The molecule has 1 unspecified atom stereocenters. The molecule has 12 heteroatoms. The first-order valence-electron chi connectivity index (χ1n) is 8.35. The van der Waals surface area contributed by atoms with Crippen LogP contribution in [0.3, 0.4) is 0 Å².